The van der Waals surface area contributed by atoms with E-state index in [4.69, 9.17) is 0 Å². The van der Waals surface area contributed by atoms with Crippen LogP contribution < -0.4 is 5.32 Å². The maximum atomic E-state index is 3.30. The van der Waals surface area contributed by atoms with E-state index >= 15 is 0 Å². The lowest BCUT2D eigenvalue weighted by Gasteiger charge is -2.13. The summed E-state index contributed by atoms with van der Waals surface area (Å²) in [6.07, 6.45) is 2.32. The molecule has 14 heavy (non-hydrogen) atoms. The Bertz CT molecular complexity index is 202. The average molecular weight is 193 g/mol. The van der Waals surface area contributed by atoms with E-state index in [0.717, 1.165) is 6.42 Å². The highest BCUT2D eigenvalue weighted by atomic mass is 14.9. The Hall–Kier alpha value is -0.820. The monoisotopic (exact) mass is 193 g/mol. The van der Waals surface area contributed by atoms with Gasteiger partial charge in [-0.25, -0.2) is 0 Å². The highest BCUT2D eigenvalue weighted by Crippen LogP contribution is 2.04. The van der Waals surface area contributed by atoms with Crippen LogP contribution in [0.5, 0.6) is 0 Å². The summed E-state index contributed by atoms with van der Waals surface area (Å²) in [5.41, 5.74) is 1.42. The molecule has 0 aromatic heterocycles. The Morgan fingerprint density at radius 3 is 2.14 bits per heavy atom. The first-order chi connectivity index (χ1) is 6.86. The van der Waals surface area contributed by atoms with E-state index in [1.165, 1.54) is 12.0 Å². The zero-order valence-electron chi connectivity index (χ0n) is 9.88. The summed E-state index contributed by atoms with van der Waals surface area (Å²) in [6, 6.07) is 11.2. The third kappa shape index (κ3) is 5.03. The Labute approximate surface area is 88.5 Å². The molecule has 1 aromatic carbocycles. The van der Waals surface area contributed by atoms with Crippen molar-refractivity contribution in [3.63, 3.8) is 0 Å². The molecule has 0 fully saturated rings. The predicted molar refractivity (Wildman–Crippen MR) is 64.6 cm³/mol. The third-order valence-corrected chi connectivity index (χ3v) is 2.23. The number of hydrogen-bond donors (Lipinski definition) is 1. The van der Waals surface area contributed by atoms with Gasteiger partial charge >= 0.3 is 0 Å². The second-order valence-corrected chi connectivity index (χ2v) is 3.08. The molecule has 0 saturated heterocycles. The van der Waals surface area contributed by atoms with Crippen LogP contribution in [0.15, 0.2) is 30.3 Å². The number of likely N-dealkylation sites (N-methyl/N-ethyl adjacent to an activating group) is 1. The van der Waals surface area contributed by atoms with Gasteiger partial charge in [-0.05, 0) is 25.5 Å². The molecule has 1 nitrogen and oxygen atoms in total. The van der Waals surface area contributed by atoms with E-state index in [9.17, 15) is 0 Å². The van der Waals surface area contributed by atoms with Gasteiger partial charge in [0.05, 0.1) is 0 Å². The second kappa shape index (κ2) is 8.76. The van der Waals surface area contributed by atoms with Crippen molar-refractivity contribution in [2.75, 3.05) is 7.05 Å². The summed E-state index contributed by atoms with van der Waals surface area (Å²) < 4.78 is 0. The molecule has 1 N–H and O–H groups in total. The summed E-state index contributed by atoms with van der Waals surface area (Å²) in [5.74, 6) is 0. The molecule has 0 aliphatic heterocycles. The van der Waals surface area contributed by atoms with Crippen LogP contribution in [-0.4, -0.2) is 13.1 Å². The molecular formula is C13H23N. The largest absolute Gasteiger partial charge is 0.317 e. The van der Waals surface area contributed by atoms with E-state index in [1.807, 2.05) is 20.9 Å². The van der Waals surface area contributed by atoms with E-state index in [-0.39, 0.29) is 0 Å². The summed E-state index contributed by atoms with van der Waals surface area (Å²) in [4.78, 5) is 0. The van der Waals surface area contributed by atoms with Gasteiger partial charge in [0.1, 0.15) is 0 Å². The molecule has 0 bridgehead atoms. The summed E-state index contributed by atoms with van der Waals surface area (Å²) in [6.45, 7) is 6.21. The highest BCUT2D eigenvalue weighted by molar-refractivity contribution is 5.15. The fraction of sp³-hybridized carbons (Fsp3) is 0.538. The molecule has 1 aromatic rings. The summed E-state index contributed by atoms with van der Waals surface area (Å²) in [5, 5.41) is 3.30. The lowest BCUT2D eigenvalue weighted by Crippen LogP contribution is -2.26. The van der Waals surface area contributed by atoms with Crippen molar-refractivity contribution in [1.82, 2.24) is 5.32 Å². The van der Waals surface area contributed by atoms with Gasteiger partial charge < -0.3 is 5.32 Å². The van der Waals surface area contributed by atoms with E-state index in [2.05, 4.69) is 42.6 Å². The van der Waals surface area contributed by atoms with Gasteiger partial charge in [0.15, 0.2) is 0 Å². The summed E-state index contributed by atoms with van der Waals surface area (Å²) >= 11 is 0. The standard InChI is InChI=1S/C11H17N.C2H6/c1-3-11(12-2)9-10-7-5-4-6-8-10;1-2/h4-8,11-12H,3,9H2,1-2H3;1-2H3. The first-order valence-electron chi connectivity index (χ1n) is 5.58. The quantitative estimate of drug-likeness (QED) is 0.774. The minimum atomic E-state index is 0.618. The van der Waals surface area contributed by atoms with Crippen LogP contribution in [0.4, 0.5) is 0 Å². The van der Waals surface area contributed by atoms with Gasteiger partial charge in [0.25, 0.3) is 0 Å². The first kappa shape index (κ1) is 13.2. The molecule has 1 heteroatoms. The SMILES string of the molecule is CC.CCC(Cc1ccccc1)NC. The molecule has 0 saturated carbocycles. The minimum Gasteiger partial charge on any atom is -0.317 e. The molecule has 0 radical (unpaired) electrons. The van der Waals surface area contributed by atoms with E-state index < -0.39 is 0 Å². The fourth-order valence-corrected chi connectivity index (χ4v) is 1.35. The highest BCUT2D eigenvalue weighted by Gasteiger charge is 2.02. The first-order valence-corrected chi connectivity index (χ1v) is 5.58. The third-order valence-electron chi connectivity index (χ3n) is 2.23. The summed E-state index contributed by atoms with van der Waals surface area (Å²) in [7, 11) is 2.02. The minimum absolute atomic E-state index is 0.618. The molecule has 0 heterocycles. The lowest BCUT2D eigenvalue weighted by molar-refractivity contribution is 0.543. The number of benzene rings is 1. The van der Waals surface area contributed by atoms with Crippen molar-refractivity contribution in [1.29, 1.82) is 0 Å². The molecule has 1 rings (SSSR count). The van der Waals surface area contributed by atoms with E-state index in [1.54, 1.807) is 0 Å². The Kier molecular flexibility index (Phi) is 8.25. The van der Waals surface area contributed by atoms with Crippen LogP contribution >= 0.6 is 0 Å². The van der Waals surface area contributed by atoms with Gasteiger partial charge in [-0.3, -0.25) is 0 Å². The van der Waals surface area contributed by atoms with Gasteiger partial charge in [-0.2, -0.15) is 0 Å². The Morgan fingerprint density at radius 2 is 1.71 bits per heavy atom. The van der Waals surface area contributed by atoms with Crippen LogP contribution in [0.25, 0.3) is 0 Å². The normalized spacial score (nSPS) is 11.4. The van der Waals surface area contributed by atoms with Gasteiger partial charge in [0, 0.05) is 6.04 Å². The fourth-order valence-electron chi connectivity index (χ4n) is 1.35. The van der Waals surface area contributed by atoms with Crippen molar-refractivity contribution >= 4 is 0 Å². The lowest BCUT2D eigenvalue weighted by atomic mass is 10.0. The molecule has 1 unspecified atom stereocenters. The van der Waals surface area contributed by atoms with Gasteiger partial charge in [-0.1, -0.05) is 51.1 Å². The predicted octanol–water partition coefficient (Wildman–Crippen LogP) is 3.25. The van der Waals surface area contributed by atoms with Crippen LogP contribution in [0.1, 0.15) is 32.8 Å². The molecule has 0 aliphatic rings. The maximum Gasteiger partial charge on any atom is 0.0102 e. The van der Waals surface area contributed by atoms with Crippen molar-refractivity contribution in [2.45, 2.75) is 39.7 Å². The smallest absolute Gasteiger partial charge is 0.0102 e. The van der Waals surface area contributed by atoms with Gasteiger partial charge in [-0.15, -0.1) is 0 Å². The van der Waals surface area contributed by atoms with Crippen LogP contribution in [0.2, 0.25) is 0 Å². The topological polar surface area (TPSA) is 12.0 Å². The van der Waals surface area contributed by atoms with Crippen molar-refractivity contribution < 1.29 is 0 Å². The van der Waals surface area contributed by atoms with Crippen molar-refractivity contribution in [3.05, 3.63) is 35.9 Å². The average Bonchev–Trinajstić information content (AvgIpc) is 2.30. The van der Waals surface area contributed by atoms with Crippen LogP contribution in [-0.2, 0) is 6.42 Å². The second-order valence-electron chi connectivity index (χ2n) is 3.08. The molecule has 1 atom stereocenters. The maximum absolute atomic E-state index is 3.30. The van der Waals surface area contributed by atoms with Crippen LogP contribution in [0, 0.1) is 0 Å². The van der Waals surface area contributed by atoms with E-state index in [0.29, 0.717) is 6.04 Å². The number of hydrogen-bond acceptors (Lipinski definition) is 1. The Balaban J connectivity index is 0.000000791. The molecule has 0 aliphatic carbocycles. The van der Waals surface area contributed by atoms with Crippen molar-refractivity contribution in [2.24, 2.45) is 0 Å². The van der Waals surface area contributed by atoms with Gasteiger partial charge in [0.2, 0.25) is 0 Å². The van der Waals surface area contributed by atoms with Crippen LogP contribution in [0.3, 0.4) is 0 Å². The van der Waals surface area contributed by atoms with Crippen molar-refractivity contribution in [3.8, 4) is 0 Å². The zero-order chi connectivity index (χ0) is 10.8. The molecule has 0 amide bonds. The zero-order valence-corrected chi connectivity index (χ0v) is 9.88. The number of nitrogens with one attached hydrogen (secondary N) is 1. The Morgan fingerprint density at radius 1 is 1.14 bits per heavy atom. The molecule has 0 spiro atoms. The molecular weight excluding hydrogens is 170 g/mol. The molecule has 80 valence electrons. The number of rotatable bonds is 4.